The van der Waals surface area contributed by atoms with E-state index in [0.29, 0.717) is 11.5 Å². The minimum absolute atomic E-state index is 0.0918. The summed E-state index contributed by atoms with van der Waals surface area (Å²) in [5.74, 6) is 0.444. The molecule has 0 fully saturated rings. The molecule has 1 aromatic heterocycles. The molecule has 0 aliphatic carbocycles. The van der Waals surface area contributed by atoms with Crippen LogP contribution in [0.1, 0.15) is 26.5 Å². The van der Waals surface area contributed by atoms with Crippen LogP contribution in [0.3, 0.4) is 0 Å². The van der Waals surface area contributed by atoms with E-state index in [1.54, 1.807) is 16.8 Å². The zero-order chi connectivity index (χ0) is 14.9. The van der Waals surface area contributed by atoms with E-state index in [9.17, 15) is 8.78 Å². The van der Waals surface area contributed by atoms with E-state index >= 15 is 0 Å². The normalized spacial score (nSPS) is 11.9. The molecule has 2 aromatic rings. The molecule has 0 saturated heterocycles. The molecule has 0 bridgehead atoms. The lowest BCUT2D eigenvalue weighted by Crippen LogP contribution is -2.19. The first-order chi connectivity index (χ1) is 9.29. The standard InChI is InChI=1S/C13H16F2N4O/c1-13(2,3)10-11(16)17-18-19(10)8-4-6-9(7-5-8)20-12(14)15/h4-7,12H,16H2,1-3H3. The maximum absolute atomic E-state index is 12.1. The van der Waals surface area contributed by atoms with Gasteiger partial charge in [-0.05, 0) is 24.3 Å². The Bertz CT molecular complexity index is 587. The van der Waals surface area contributed by atoms with Gasteiger partial charge in [0.25, 0.3) is 0 Å². The van der Waals surface area contributed by atoms with Crippen LogP contribution < -0.4 is 10.5 Å². The second-order valence-electron chi connectivity index (χ2n) is 5.36. The number of alkyl halides is 2. The third kappa shape index (κ3) is 2.87. The third-order valence-corrected chi connectivity index (χ3v) is 2.71. The largest absolute Gasteiger partial charge is 0.435 e. The van der Waals surface area contributed by atoms with E-state index in [-0.39, 0.29) is 11.2 Å². The number of nitrogen functional groups attached to an aromatic ring is 1. The molecule has 0 saturated carbocycles. The molecule has 7 heteroatoms. The zero-order valence-corrected chi connectivity index (χ0v) is 11.5. The highest BCUT2D eigenvalue weighted by Crippen LogP contribution is 2.28. The van der Waals surface area contributed by atoms with Gasteiger partial charge in [-0.25, -0.2) is 4.68 Å². The highest BCUT2D eigenvalue weighted by Gasteiger charge is 2.24. The predicted molar refractivity (Wildman–Crippen MR) is 71.1 cm³/mol. The van der Waals surface area contributed by atoms with E-state index in [2.05, 4.69) is 15.0 Å². The van der Waals surface area contributed by atoms with Gasteiger partial charge in [0.05, 0.1) is 11.4 Å². The molecule has 0 aliphatic heterocycles. The van der Waals surface area contributed by atoms with Crippen molar-refractivity contribution in [2.24, 2.45) is 0 Å². The molecule has 2 N–H and O–H groups in total. The number of benzene rings is 1. The molecule has 1 aromatic carbocycles. The van der Waals surface area contributed by atoms with Gasteiger partial charge in [-0.3, -0.25) is 0 Å². The van der Waals surface area contributed by atoms with Crippen molar-refractivity contribution < 1.29 is 13.5 Å². The fourth-order valence-electron chi connectivity index (χ4n) is 1.94. The quantitative estimate of drug-likeness (QED) is 0.940. The smallest absolute Gasteiger partial charge is 0.387 e. The minimum atomic E-state index is -2.84. The summed E-state index contributed by atoms with van der Waals surface area (Å²) in [5, 5.41) is 7.87. The average molecular weight is 282 g/mol. The van der Waals surface area contributed by atoms with Crippen molar-refractivity contribution in [3.8, 4) is 11.4 Å². The van der Waals surface area contributed by atoms with Gasteiger partial charge in [0.1, 0.15) is 5.75 Å². The van der Waals surface area contributed by atoms with Crippen molar-refractivity contribution in [3.05, 3.63) is 30.0 Å². The summed E-state index contributed by atoms with van der Waals surface area (Å²) in [6.07, 6.45) is 0. The Hall–Kier alpha value is -2.18. The molecule has 0 unspecified atom stereocenters. The van der Waals surface area contributed by atoms with Crippen molar-refractivity contribution in [3.63, 3.8) is 0 Å². The fraction of sp³-hybridized carbons (Fsp3) is 0.385. The Balaban J connectivity index is 2.38. The molecule has 0 amide bonds. The van der Waals surface area contributed by atoms with E-state index in [4.69, 9.17) is 5.73 Å². The number of rotatable bonds is 3. The summed E-state index contributed by atoms with van der Waals surface area (Å²) < 4.78 is 30.1. The van der Waals surface area contributed by atoms with E-state index in [1.807, 2.05) is 20.8 Å². The summed E-state index contributed by atoms with van der Waals surface area (Å²) in [4.78, 5) is 0. The van der Waals surface area contributed by atoms with Crippen molar-refractivity contribution in [1.29, 1.82) is 0 Å². The van der Waals surface area contributed by atoms with E-state index < -0.39 is 6.61 Å². The lowest BCUT2D eigenvalue weighted by molar-refractivity contribution is -0.0498. The van der Waals surface area contributed by atoms with Gasteiger partial charge in [0.2, 0.25) is 0 Å². The predicted octanol–water partition coefficient (Wildman–Crippen LogP) is 2.75. The summed E-state index contributed by atoms with van der Waals surface area (Å²) in [5.41, 5.74) is 7.04. The Morgan fingerprint density at radius 1 is 1.20 bits per heavy atom. The molecule has 0 aliphatic rings. The molecule has 1 heterocycles. The zero-order valence-electron chi connectivity index (χ0n) is 11.5. The maximum atomic E-state index is 12.1. The van der Waals surface area contributed by atoms with Gasteiger partial charge >= 0.3 is 6.61 Å². The fourth-order valence-corrected chi connectivity index (χ4v) is 1.94. The van der Waals surface area contributed by atoms with Gasteiger partial charge in [0.15, 0.2) is 5.82 Å². The lowest BCUT2D eigenvalue weighted by atomic mass is 9.91. The lowest BCUT2D eigenvalue weighted by Gasteiger charge is -2.20. The van der Waals surface area contributed by atoms with Crippen LogP contribution in [-0.4, -0.2) is 21.6 Å². The number of hydrogen-bond acceptors (Lipinski definition) is 4. The van der Waals surface area contributed by atoms with Crippen LogP contribution in [0.2, 0.25) is 0 Å². The molecule has 0 spiro atoms. The van der Waals surface area contributed by atoms with Gasteiger partial charge in [-0.15, -0.1) is 5.10 Å². The Morgan fingerprint density at radius 2 is 1.80 bits per heavy atom. The topological polar surface area (TPSA) is 66.0 Å². The highest BCUT2D eigenvalue weighted by molar-refractivity contribution is 5.45. The van der Waals surface area contributed by atoms with Gasteiger partial charge in [0, 0.05) is 5.41 Å². The monoisotopic (exact) mass is 282 g/mol. The van der Waals surface area contributed by atoms with Crippen LogP contribution >= 0.6 is 0 Å². The van der Waals surface area contributed by atoms with Crippen molar-refractivity contribution in [2.45, 2.75) is 32.8 Å². The summed E-state index contributed by atoms with van der Waals surface area (Å²) in [6, 6.07) is 6.15. The van der Waals surface area contributed by atoms with Crippen LogP contribution in [0.25, 0.3) is 5.69 Å². The number of nitrogens with two attached hydrogens (primary N) is 1. The van der Waals surface area contributed by atoms with Crippen molar-refractivity contribution in [2.75, 3.05) is 5.73 Å². The SMILES string of the molecule is CC(C)(C)c1c(N)nnn1-c1ccc(OC(F)F)cc1. The first kappa shape index (κ1) is 14.2. The summed E-state index contributed by atoms with van der Waals surface area (Å²) in [7, 11) is 0. The van der Waals surface area contributed by atoms with Gasteiger partial charge in [-0.1, -0.05) is 26.0 Å². The molecule has 0 radical (unpaired) electrons. The Labute approximate surface area is 115 Å². The third-order valence-electron chi connectivity index (χ3n) is 2.71. The second-order valence-corrected chi connectivity index (χ2v) is 5.36. The average Bonchev–Trinajstić information content (AvgIpc) is 2.71. The van der Waals surface area contributed by atoms with Crippen LogP contribution in [-0.2, 0) is 5.41 Å². The number of halogens is 2. The number of aromatic nitrogens is 3. The summed E-state index contributed by atoms with van der Waals surface area (Å²) >= 11 is 0. The maximum Gasteiger partial charge on any atom is 0.387 e. The van der Waals surface area contributed by atoms with E-state index in [1.165, 1.54) is 12.1 Å². The van der Waals surface area contributed by atoms with Crippen LogP contribution in [0.15, 0.2) is 24.3 Å². The van der Waals surface area contributed by atoms with Crippen molar-refractivity contribution in [1.82, 2.24) is 15.0 Å². The Morgan fingerprint density at radius 3 is 2.30 bits per heavy atom. The highest BCUT2D eigenvalue weighted by atomic mass is 19.3. The molecule has 2 rings (SSSR count). The first-order valence-corrected chi connectivity index (χ1v) is 6.06. The number of anilines is 1. The molecule has 0 atom stereocenters. The van der Waals surface area contributed by atoms with Gasteiger partial charge < -0.3 is 10.5 Å². The molecule has 5 nitrogen and oxygen atoms in total. The summed E-state index contributed by atoms with van der Waals surface area (Å²) in [6.45, 7) is 3.14. The molecule has 20 heavy (non-hydrogen) atoms. The van der Waals surface area contributed by atoms with Crippen LogP contribution in [0.5, 0.6) is 5.75 Å². The number of ether oxygens (including phenoxy) is 1. The van der Waals surface area contributed by atoms with Crippen molar-refractivity contribution >= 4 is 5.82 Å². The minimum Gasteiger partial charge on any atom is -0.435 e. The molecule has 108 valence electrons. The van der Waals surface area contributed by atoms with Crippen LogP contribution in [0, 0.1) is 0 Å². The molecular formula is C13H16F2N4O. The van der Waals surface area contributed by atoms with Gasteiger partial charge in [-0.2, -0.15) is 8.78 Å². The van der Waals surface area contributed by atoms with E-state index in [0.717, 1.165) is 5.69 Å². The Kier molecular flexibility index (Phi) is 3.61. The second kappa shape index (κ2) is 5.07. The number of hydrogen-bond donors (Lipinski definition) is 1. The molecular weight excluding hydrogens is 266 g/mol. The first-order valence-electron chi connectivity index (χ1n) is 6.06. The number of nitrogens with zero attached hydrogens (tertiary/aromatic N) is 3. The van der Waals surface area contributed by atoms with Crippen LogP contribution in [0.4, 0.5) is 14.6 Å².